The lowest BCUT2D eigenvalue weighted by Crippen LogP contribution is -2.49. The van der Waals surface area contributed by atoms with Crippen molar-refractivity contribution >= 4 is 45.0 Å². The molecule has 62 heavy (non-hydrogen) atoms. The van der Waals surface area contributed by atoms with Gasteiger partial charge in [0.15, 0.2) is 0 Å². The summed E-state index contributed by atoms with van der Waals surface area (Å²) < 4.78 is 29.7. The third-order valence-corrected chi connectivity index (χ3v) is 11.2. The lowest BCUT2D eigenvalue weighted by atomic mass is 10.1. The molecule has 6 aromatic rings. The summed E-state index contributed by atoms with van der Waals surface area (Å²) in [7, 11) is 0. The summed E-state index contributed by atoms with van der Waals surface area (Å²) in [5.74, 6) is -0.939. The highest BCUT2D eigenvalue weighted by Crippen LogP contribution is 2.31. The predicted molar refractivity (Wildman–Crippen MR) is 235 cm³/mol. The molecule has 14 heteroatoms. The minimum Gasteiger partial charge on any atom is -0.366 e. The number of hydrogen-bond donors (Lipinski definition) is 0. The zero-order valence-corrected chi connectivity index (χ0v) is 33.8. The second-order valence-electron chi connectivity index (χ2n) is 14.8. The topological polar surface area (TPSA) is 139 Å². The maximum absolute atomic E-state index is 13.3. The molecule has 2 amide bonds. The van der Waals surface area contributed by atoms with E-state index in [1.54, 1.807) is 43.2 Å². The van der Waals surface area contributed by atoms with E-state index in [9.17, 15) is 38.5 Å². The van der Waals surface area contributed by atoms with Crippen molar-refractivity contribution in [1.82, 2.24) is 18.9 Å². The first-order valence-corrected chi connectivity index (χ1v) is 20.0. The van der Waals surface area contributed by atoms with Crippen molar-refractivity contribution in [3.63, 3.8) is 0 Å². The van der Waals surface area contributed by atoms with E-state index >= 15 is 0 Å². The van der Waals surface area contributed by atoms with Gasteiger partial charge in [0.05, 0.1) is 35.5 Å². The Hall–Kier alpha value is -7.84. The Balaban J connectivity index is 0.000000186. The van der Waals surface area contributed by atoms with Crippen LogP contribution in [0.25, 0.3) is 21.8 Å². The van der Waals surface area contributed by atoms with Crippen LogP contribution in [-0.4, -0.2) is 83.1 Å². The van der Waals surface area contributed by atoms with E-state index in [0.717, 1.165) is 21.9 Å². The minimum absolute atomic E-state index is 0.0734. The quantitative estimate of drug-likeness (QED) is 0.176. The van der Waals surface area contributed by atoms with Gasteiger partial charge >= 0.3 is 0 Å². The molecule has 4 aromatic carbocycles. The Morgan fingerprint density at radius 3 is 1.21 bits per heavy atom. The fourth-order valence-electron chi connectivity index (χ4n) is 8.06. The summed E-state index contributed by atoms with van der Waals surface area (Å²) in [5, 5.41) is 21.3. The van der Waals surface area contributed by atoms with Crippen LogP contribution < -0.4 is 20.9 Å². The van der Waals surface area contributed by atoms with Gasteiger partial charge in [0.1, 0.15) is 34.9 Å². The fraction of sp³-hybridized carbons (Fsp3) is 0.208. The number of rotatable bonds is 8. The molecule has 0 unspecified atom stereocenters. The van der Waals surface area contributed by atoms with Crippen LogP contribution in [-0.2, 0) is 22.7 Å². The van der Waals surface area contributed by atoms with Crippen LogP contribution in [0.2, 0.25) is 0 Å². The highest BCUT2D eigenvalue weighted by Gasteiger charge is 2.28. The van der Waals surface area contributed by atoms with E-state index in [1.807, 2.05) is 58.3 Å². The molecule has 0 bridgehead atoms. The van der Waals surface area contributed by atoms with Crippen LogP contribution >= 0.6 is 0 Å². The van der Waals surface area contributed by atoms with Gasteiger partial charge < -0.3 is 28.7 Å². The zero-order chi connectivity index (χ0) is 43.9. The zero-order valence-electron chi connectivity index (χ0n) is 33.8. The summed E-state index contributed by atoms with van der Waals surface area (Å²) in [5.41, 5.74) is 3.52. The Bertz CT molecular complexity index is 2700. The molecule has 2 saturated heterocycles. The first-order valence-electron chi connectivity index (χ1n) is 20.0. The Labute approximate surface area is 356 Å². The van der Waals surface area contributed by atoms with Crippen molar-refractivity contribution in [1.29, 1.82) is 10.5 Å². The molecule has 0 atom stereocenters. The average molecular weight is 833 g/mol. The van der Waals surface area contributed by atoms with Gasteiger partial charge in [0.25, 0.3) is 11.1 Å². The number of fused-ring (bicyclic) bond motifs is 2. The second kappa shape index (κ2) is 18.6. The minimum atomic E-state index is -0.384. The average Bonchev–Trinajstić information content (AvgIpc) is 3.31. The molecule has 0 radical (unpaired) electrons. The largest absolute Gasteiger partial charge is 0.366 e. The monoisotopic (exact) mass is 832 g/mol. The summed E-state index contributed by atoms with van der Waals surface area (Å²) in [4.78, 5) is 57.9. The second-order valence-corrected chi connectivity index (χ2v) is 14.8. The number of carbonyl (C=O) groups excluding carboxylic acids is 2. The summed E-state index contributed by atoms with van der Waals surface area (Å²) in [6.45, 7) is 11.5. The number of nitrogens with zero attached hydrogens (tertiary/aromatic N) is 8. The fourth-order valence-corrected chi connectivity index (χ4v) is 8.06. The van der Waals surface area contributed by atoms with Crippen molar-refractivity contribution in [3.05, 3.63) is 177 Å². The number of hydrogen-bond acceptors (Lipinski definition) is 8. The molecule has 0 saturated carbocycles. The molecule has 0 spiro atoms. The summed E-state index contributed by atoms with van der Waals surface area (Å²) >= 11 is 0. The molecular weight excluding hydrogens is 791 g/mol. The Kier molecular flexibility index (Phi) is 12.7. The molecule has 2 aliphatic rings. The molecule has 0 N–H and O–H groups in total. The number of carbonyl (C=O) groups is 2. The SMILES string of the molecule is C=CC(=O)N1CCN(c2c(C#N)c(=O)n(Cc3ccc(F)cc3)c3ccccc23)CC1.C=CC(=O)N1CCN(c2c(C#N)c(=O)n(Cc3ccc(F)cc3)c3ccccc23)CC1. The maximum atomic E-state index is 13.3. The molecule has 12 nitrogen and oxygen atoms in total. The number of anilines is 2. The Morgan fingerprint density at radius 1 is 0.548 bits per heavy atom. The van der Waals surface area contributed by atoms with Crippen molar-refractivity contribution in [2.75, 3.05) is 62.2 Å². The standard InChI is InChI=1S/2C24H21FN4O2/c2*1-2-22(30)27-11-13-28(14-12-27)23-19-5-3-4-6-21(19)29(24(31)20(23)15-26)16-17-7-9-18(25)10-8-17/h2*2-10H,1,11-14,16H2. The molecule has 2 fully saturated rings. The van der Waals surface area contributed by atoms with E-state index in [0.29, 0.717) is 74.8 Å². The van der Waals surface area contributed by atoms with E-state index in [-0.39, 0.29) is 58.8 Å². The van der Waals surface area contributed by atoms with Gasteiger partial charge in [0.2, 0.25) is 11.8 Å². The predicted octanol–water partition coefficient (Wildman–Crippen LogP) is 5.79. The smallest absolute Gasteiger partial charge is 0.271 e. The third kappa shape index (κ3) is 8.58. The lowest BCUT2D eigenvalue weighted by Gasteiger charge is -2.36. The van der Waals surface area contributed by atoms with Gasteiger partial charge in [0, 0.05) is 63.1 Å². The number of amides is 2. The molecule has 312 valence electrons. The molecule has 0 aliphatic carbocycles. The van der Waals surface area contributed by atoms with Gasteiger partial charge in [-0.15, -0.1) is 0 Å². The summed E-state index contributed by atoms with van der Waals surface area (Å²) in [6.07, 6.45) is 2.59. The number of para-hydroxylation sites is 2. The molecule has 2 aromatic heterocycles. The maximum Gasteiger partial charge on any atom is 0.271 e. The van der Waals surface area contributed by atoms with E-state index in [2.05, 4.69) is 25.3 Å². The normalized spacial score (nSPS) is 13.8. The number of benzene rings is 4. The number of pyridine rings is 2. The van der Waals surface area contributed by atoms with Gasteiger partial charge in [-0.1, -0.05) is 73.8 Å². The van der Waals surface area contributed by atoms with E-state index < -0.39 is 0 Å². The highest BCUT2D eigenvalue weighted by atomic mass is 19.1. The van der Waals surface area contributed by atoms with Crippen molar-refractivity contribution in [2.45, 2.75) is 13.1 Å². The van der Waals surface area contributed by atoms with Crippen LogP contribution in [0.4, 0.5) is 20.2 Å². The van der Waals surface area contributed by atoms with Gasteiger partial charge in [-0.3, -0.25) is 19.2 Å². The van der Waals surface area contributed by atoms with Crippen LogP contribution in [0.1, 0.15) is 22.3 Å². The molecule has 8 rings (SSSR count). The van der Waals surface area contributed by atoms with E-state index in [4.69, 9.17) is 0 Å². The lowest BCUT2D eigenvalue weighted by molar-refractivity contribution is -0.127. The van der Waals surface area contributed by atoms with Crippen molar-refractivity contribution < 1.29 is 18.4 Å². The first kappa shape index (κ1) is 42.3. The molecular formula is C48H42F2N8O4. The van der Waals surface area contributed by atoms with Crippen molar-refractivity contribution in [2.24, 2.45) is 0 Å². The first-order chi connectivity index (χ1) is 30.1. The van der Waals surface area contributed by atoms with Crippen LogP contribution in [0.5, 0.6) is 0 Å². The third-order valence-electron chi connectivity index (χ3n) is 11.2. The van der Waals surface area contributed by atoms with E-state index in [1.165, 1.54) is 36.4 Å². The van der Waals surface area contributed by atoms with Crippen molar-refractivity contribution in [3.8, 4) is 12.1 Å². The van der Waals surface area contributed by atoms with Crippen LogP contribution in [0.3, 0.4) is 0 Å². The Morgan fingerprint density at radius 2 is 0.887 bits per heavy atom. The van der Waals surface area contributed by atoms with Crippen LogP contribution in [0.15, 0.2) is 132 Å². The molecule has 4 heterocycles. The van der Waals surface area contributed by atoms with Crippen LogP contribution in [0, 0.1) is 34.3 Å². The number of piperazine rings is 2. The number of aromatic nitrogens is 2. The van der Waals surface area contributed by atoms with Gasteiger partial charge in [-0.2, -0.15) is 10.5 Å². The number of nitriles is 2. The highest BCUT2D eigenvalue weighted by molar-refractivity contribution is 5.96. The van der Waals surface area contributed by atoms with Gasteiger partial charge in [-0.05, 0) is 59.7 Å². The van der Waals surface area contributed by atoms with Gasteiger partial charge in [-0.25, -0.2) is 8.78 Å². The molecule has 2 aliphatic heterocycles. The summed E-state index contributed by atoms with van der Waals surface area (Å²) in [6, 6.07) is 31.1. The number of halogens is 2.